The molecule has 0 radical (unpaired) electrons. The van der Waals surface area contributed by atoms with Crippen LogP contribution in [0.2, 0.25) is 0 Å². The first kappa shape index (κ1) is 19.4. The van der Waals surface area contributed by atoms with E-state index in [1.165, 1.54) is 16.2 Å². The summed E-state index contributed by atoms with van der Waals surface area (Å²) in [6, 6.07) is 21.8. The van der Waals surface area contributed by atoms with Gasteiger partial charge in [-0.25, -0.2) is 0 Å². The summed E-state index contributed by atoms with van der Waals surface area (Å²) in [5.41, 5.74) is 1.72. The van der Waals surface area contributed by atoms with Gasteiger partial charge in [0, 0.05) is 17.1 Å². The Morgan fingerprint density at radius 1 is 1.00 bits per heavy atom. The standard InChI is InChI=1S/C23H20N2O2S/c1-2-21(26)25(19-12-7-4-8-13-19)22(20-14-9-17-28-20)23(27)24-16-15-18-10-5-3-6-11-18/h1,3-14,17,22H,15-16H2,(H,24,27). The molecule has 0 aliphatic heterocycles. The third-order valence-electron chi connectivity index (χ3n) is 4.25. The van der Waals surface area contributed by atoms with Crippen molar-refractivity contribution >= 4 is 28.8 Å². The van der Waals surface area contributed by atoms with Crippen molar-refractivity contribution in [3.8, 4) is 12.3 Å². The van der Waals surface area contributed by atoms with Crippen molar-refractivity contribution in [1.82, 2.24) is 5.32 Å². The van der Waals surface area contributed by atoms with Crippen LogP contribution in [0.5, 0.6) is 0 Å². The molecule has 1 N–H and O–H groups in total. The van der Waals surface area contributed by atoms with E-state index in [0.717, 1.165) is 10.4 Å². The molecule has 0 aliphatic rings. The Kier molecular flexibility index (Phi) is 6.61. The minimum Gasteiger partial charge on any atom is -0.354 e. The van der Waals surface area contributed by atoms with Gasteiger partial charge in [-0.2, -0.15) is 0 Å². The number of nitrogens with zero attached hydrogens (tertiary/aromatic N) is 1. The largest absolute Gasteiger partial charge is 0.354 e. The lowest BCUT2D eigenvalue weighted by Crippen LogP contribution is -2.43. The van der Waals surface area contributed by atoms with Gasteiger partial charge in [-0.3, -0.25) is 14.5 Å². The van der Waals surface area contributed by atoms with Gasteiger partial charge in [0.2, 0.25) is 5.91 Å². The molecule has 2 amide bonds. The molecule has 4 nitrogen and oxygen atoms in total. The van der Waals surface area contributed by atoms with E-state index in [2.05, 4.69) is 11.2 Å². The topological polar surface area (TPSA) is 49.4 Å². The van der Waals surface area contributed by atoms with E-state index in [1.807, 2.05) is 66.0 Å². The van der Waals surface area contributed by atoms with E-state index in [4.69, 9.17) is 6.42 Å². The summed E-state index contributed by atoms with van der Waals surface area (Å²) in [7, 11) is 0. The number of amides is 2. The van der Waals surface area contributed by atoms with E-state index in [9.17, 15) is 9.59 Å². The smallest absolute Gasteiger partial charge is 0.303 e. The molecular weight excluding hydrogens is 368 g/mol. The van der Waals surface area contributed by atoms with Crippen LogP contribution in [0.4, 0.5) is 5.69 Å². The van der Waals surface area contributed by atoms with Crippen LogP contribution in [0.3, 0.4) is 0 Å². The zero-order valence-corrected chi connectivity index (χ0v) is 16.1. The van der Waals surface area contributed by atoms with E-state index < -0.39 is 11.9 Å². The van der Waals surface area contributed by atoms with Gasteiger partial charge in [-0.1, -0.05) is 54.6 Å². The number of rotatable bonds is 7. The fourth-order valence-electron chi connectivity index (χ4n) is 2.93. The number of hydrogen-bond donors (Lipinski definition) is 1. The molecule has 1 aromatic heterocycles. The molecule has 3 rings (SSSR count). The number of anilines is 1. The lowest BCUT2D eigenvalue weighted by Gasteiger charge is -2.29. The van der Waals surface area contributed by atoms with E-state index in [1.54, 1.807) is 12.1 Å². The van der Waals surface area contributed by atoms with Gasteiger partial charge >= 0.3 is 5.91 Å². The molecule has 2 aromatic carbocycles. The quantitative estimate of drug-likeness (QED) is 0.626. The minimum absolute atomic E-state index is 0.258. The van der Waals surface area contributed by atoms with Crippen LogP contribution in [-0.2, 0) is 16.0 Å². The average molecular weight is 388 g/mol. The van der Waals surface area contributed by atoms with Crippen molar-refractivity contribution in [3.05, 3.63) is 88.6 Å². The first-order chi connectivity index (χ1) is 13.7. The third-order valence-corrected chi connectivity index (χ3v) is 5.18. The Morgan fingerprint density at radius 3 is 2.29 bits per heavy atom. The zero-order chi connectivity index (χ0) is 19.8. The molecule has 3 aromatic rings. The number of hydrogen-bond acceptors (Lipinski definition) is 3. The number of carbonyl (C=O) groups is 2. The SMILES string of the molecule is C#CC(=O)N(c1ccccc1)C(C(=O)NCCc1ccccc1)c1cccs1. The van der Waals surface area contributed by atoms with Crippen molar-refractivity contribution in [2.75, 3.05) is 11.4 Å². The van der Waals surface area contributed by atoms with Gasteiger partial charge in [-0.15, -0.1) is 17.8 Å². The van der Waals surface area contributed by atoms with Crippen LogP contribution in [0.25, 0.3) is 0 Å². The van der Waals surface area contributed by atoms with Crippen LogP contribution in [-0.4, -0.2) is 18.4 Å². The second kappa shape index (κ2) is 9.54. The normalized spacial score (nSPS) is 11.2. The number of carbonyl (C=O) groups excluding carboxylic acids is 2. The lowest BCUT2D eigenvalue weighted by atomic mass is 10.1. The summed E-state index contributed by atoms with van der Waals surface area (Å²) in [6.45, 7) is 0.470. The summed E-state index contributed by atoms with van der Waals surface area (Å²) in [6.07, 6.45) is 6.11. The number of nitrogens with one attached hydrogen (secondary N) is 1. The van der Waals surface area contributed by atoms with Crippen molar-refractivity contribution in [2.24, 2.45) is 0 Å². The number of thiophene rings is 1. The van der Waals surface area contributed by atoms with E-state index in [-0.39, 0.29) is 5.91 Å². The fraction of sp³-hybridized carbons (Fsp3) is 0.130. The van der Waals surface area contributed by atoms with Gasteiger partial charge in [0.25, 0.3) is 0 Å². The molecule has 1 atom stereocenters. The number of terminal acetylenes is 1. The van der Waals surface area contributed by atoms with Gasteiger partial charge in [0.05, 0.1) is 0 Å². The summed E-state index contributed by atoms with van der Waals surface area (Å²) in [5, 5.41) is 4.83. The molecule has 5 heteroatoms. The highest BCUT2D eigenvalue weighted by atomic mass is 32.1. The molecule has 1 unspecified atom stereocenters. The third kappa shape index (κ3) is 4.67. The highest BCUT2D eigenvalue weighted by Gasteiger charge is 2.32. The van der Waals surface area contributed by atoms with Crippen molar-refractivity contribution in [1.29, 1.82) is 0 Å². The Morgan fingerprint density at radius 2 is 1.68 bits per heavy atom. The highest BCUT2D eigenvalue weighted by Crippen LogP contribution is 2.30. The van der Waals surface area contributed by atoms with E-state index in [0.29, 0.717) is 18.7 Å². The second-order valence-corrected chi connectivity index (χ2v) is 7.08. The lowest BCUT2D eigenvalue weighted by molar-refractivity contribution is -0.125. The second-order valence-electron chi connectivity index (χ2n) is 6.10. The van der Waals surface area contributed by atoms with Gasteiger partial charge in [-0.05, 0) is 41.5 Å². The van der Waals surface area contributed by atoms with Crippen LogP contribution < -0.4 is 10.2 Å². The predicted octanol–water partition coefficient (Wildman–Crippen LogP) is 3.81. The molecule has 0 saturated heterocycles. The van der Waals surface area contributed by atoms with Gasteiger partial charge in [0.15, 0.2) is 6.04 Å². The molecule has 0 spiro atoms. The molecule has 140 valence electrons. The molecule has 28 heavy (non-hydrogen) atoms. The molecule has 1 heterocycles. The van der Waals surface area contributed by atoms with Crippen LogP contribution in [0.1, 0.15) is 16.5 Å². The summed E-state index contributed by atoms with van der Waals surface area (Å²) in [5.74, 6) is 1.34. The highest BCUT2D eigenvalue weighted by molar-refractivity contribution is 7.10. The maximum atomic E-state index is 13.1. The van der Waals surface area contributed by atoms with Crippen molar-refractivity contribution in [2.45, 2.75) is 12.5 Å². The molecular formula is C23H20N2O2S. The molecule has 0 bridgehead atoms. The monoisotopic (exact) mass is 388 g/mol. The van der Waals surface area contributed by atoms with Crippen LogP contribution in [0.15, 0.2) is 78.2 Å². The summed E-state index contributed by atoms with van der Waals surface area (Å²) in [4.78, 5) is 27.8. The summed E-state index contributed by atoms with van der Waals surface area (Å²) >= 11 is 1.42. The maximum Gasteiger partial charge on any atom is 0.303 e. The fourth-order valence-corrected chi connectivity index (χ4v) is 3.75. The average Bonchev–Trinajstić information content (AvgIpc) is 3.27. The Bertz CT molecular complexity index is 947. The zero-order valence-electron chi connectivity index (χ0n) is 15.2. The molecule has 0 aliphatic carbocycles. The Balaban J connectivity index is 1.84. The maximum absolute atomic E-state index is 13.1. The Labute approximate surface area is 168 Å². The number of para-hydroxylation sites is 1. The number of benzene rings is 2. The van der Waals surface area contributed by atoms with E-state index >= 15 is 0 Å². The summed E-state index contributed by atoms with van der Waals surface area (Å²) < 4.78 is 0. The first-order valence-electron chi connectivity index (χ1n) is 8.90. The van der Waals surface area contributed by atoms with Gasteiger partial charge in [0.1, 0.15) is 0 Å². The minimum atomic E-state index is -0.818. The van der Waals surface area contributed by atoms with Crippen LogP contribution >= 0.6 is 11.3 Å². The predicted molar refractivity (Wildman–Crippen MR) is 113 cm³/mol. The Hall–Kier alpha value is -3.36. The van der Waals surface area contributed by atoms with Crippen LogP contribution in [0, 0.1) is 12.3 Å². The van der Waals surface area contributed by atoms with Crippen molar-refractivity contribution in [3.63, 3.8) is 0 Å². The first-order valence-corrected chi connectivity index (χ1v) is 9.78. The van der Waals surface area contributed by atoms with Gasteiger partial charge < -0.3 is 5.32 Å². The molecule has 0 fully saturated rings. The van der Waals surface area contributed by atoms with Crippen molar-refractivity contribution < 1.29 is 9.59 Å². The molecule has 0 saturated carbocycles.